The van der Waals surface area contributed by atoms with E-state index in [0.29, 0.717) is 16.5 Å². The Labute approximate surface area is 132 Å². The Hall–Kier alpha value is -2.28. The average Bonchev–Trinajstić information content (AvgIpc) is 2.42. The number of carbonyl (C=O) groups is 3. The number of hydrazine groups is 1. The third kappa shape index (κ3) is 3.30. The van der Waals surface area contributed by atoms with Crippen LogP contribution in [0.1, 0.15) is 20.8 Å². The van der Waals surface area contributed by atoms with Gasteiger partial charge in [-0.2, -0.15) is 0 Å². The maximum absolute atomic E-state index is 12.5. The quantitative estimate of drug-likeness (QED) is 0.794. The summed E-state index contributed by atoms with van der Waals surface area (Å²) in [6.45, 7) is 4.23. The molecular weight excluding hydrogens is 310 g/mol. The number of fused-ring (bicyclic) bond motifs is 1. The molecule has 0 radical (unpaired) electrons. The molecule has 1 heterocycles. The molecule has 1 aromatic carbocycles. The maximum atomic E-state index is 12.5. The number of benzene rings is 1. The minimum absolute atomic E-state index is 0.265. The number of hydrogen-bond acceptors (Lipinski definition) is 4. The Balaban J connectivity index is 2.28. The van der Waals surface area contributed by atoms with Crippen molar-refractivity contribution in [2.24, 2.45) is 0 Å². The van der Waals surface area contributed by atoms with Crippen LogP contribution in [0.25, 0.3) is 0 Å². The van der Waals surface area contributed by atoms with Gasteiger partial charge in [0, 0.05) is 11.9 Å². The molecule has 118 valence electrons. The van der Waals surface area contributed by atoms with E-state index in [2.05, 4.69) is 10.9 Å². The van der Waals surface area contributed by atoms with E-state index in [4.69, 9.17) is 16.3 Å². The van der Waals surface area contributed by atoms with Crippen molar-refractivity contribution in [3.8, 4) is 5.75 Å². The van der Waals surface area contributed by atoms with E-state index < -0.39 is 17.4 Å². The molecule has 2 N–H and O–H groups in total. The topological polar surface area (TPSA) is 87.7 Å². The lowest BCUT2D eigenvalue weighted by Gasteiger charge is -2.38. The molecule has 3 amide bonds. The summed E-state index contributed by atoms with van der Waals surface area (Å²) in [5.41, 5.74) is 3.70. The molecule has 0 aliphatic carbocycles. The third-order valence-corrected chi connectivity index (χ3v) is 3.25. The van der Waals surface area contributed by atoms with E-state index in [0.717, 1.165) is 0 Å². The zero-order chi connectivity index (χ0) is 16.5. The highest BCUT2D eigenvalue weighted by Crippen LogP contribution is 2.39. The summed E-state index contributed by atoms with van der Waals surface area (Å²) in [5.74, 6) is -0.862. The van der Waals surface area contributed by atoms with Crippen molar-refractivity contribution in [2.45, 2.75) is 26.4 Å². The zero-order valence-corrected chi connectivity index (χ0v) is 13.2. The lowest BCUT2D eigenvalue weighted by atomic mass is 10.0. The number of amides is 3. The second kappa shape index (κ2) is 5.84. The third-order valence-electron chi connectivity index (χ3n) is 3.02. The van der Waals surface area contributed by atoms with E-state index >= 15 is 0 Å². The molecule has 0 saturated carbocycles. The second-order valence-corrected chi connectivity index (χ2v) is 5.78. The van der Waals surface area contributed by atoms with Gasteiger partial charge in [0.05, 0.1) is 5.69 Å². The molecule has 7 nitrogen and oxygen atoms in total. The van der Waals surface area contributed by atoms with Gasteiger partial charge in [0.15, 0.2) is 5.60 Å². The van der Waals surface area contributed by atoms with Gasteiger partial charge in [0.2, 0.25) is 5.91 Å². The highest BCUT2D eigenvalue weighted by molar-refractivity contribution is 6.31. The molecule has 0 spiro atoms. The first-order valence-corrected chi connectivity index (χ1v) is 6.94. The van der Waals surface area contributed by atoms with Crippen LogP contribution >= 0.6 is 11.6 Å². The van der Waals surface area contributed by atoms with Crippen molar-refractivity contribution in [1.82, 2.24) is 10.9 Å². The number of hydrogen-bond donors (Lipinski definition) is 2. The summed E-state index contributed by atoms with van der Waals surface area (Å²) < 4.78 is 5.65. The highest BCUT2D eigenvalue weighted by Gasteiger charge is 2.41. The number of anilines is 1. The fourth-order valence-corrected chi connectivity index (χ4v) is 2.20. The number of rotatable bonds is 2. The summed E-state index contributed by atoms with van der Waals surface area (Å²) in [4.78, 5) is 36.4. The Morgan fingerprint density at radius 1 is 1.32 bits per heavy atom. The first-order valence-electron chi connectivity index (χ1n) is 6.56. The van der Waals surface area contributed by atoms with Crippen LogP contribution in [-0.4, -0.2) is 29.9 Å². The van der Waals surface area contributed by atoms with Crippen molar-refractivity contribution < 1.29 is 19.1 Å². The minimum atomic E-state index is -1.10. The number of nitrogens with zero attached hydrogens (tertiary/aromatic N) is 1. The first kappa shape index (κ1) is 16.1. The Bertz CT molecular complexity index is 645. The monoisotopic (exact) mass is 325 g/mol. The van der Waals surface area contributed by atoms with Crippen LogP contribution in [0.4, 0.5) is 5.69 Å². The summed E-state index contributed by atoms with van der Waals surface area (Å²) in [6.07, 6.45) is 0. The van der Waals surface area contributed by atoms with Gasteiger partial charge in [0.1, 0.15) is 12.3 Å². The van der Waals surface area contributed by atoms with Crippen LogP contribution in [0.3, 0.4) is 0 Å². The Kier molecular flexibility index (Phi) is 4.27. The van der Waals surface area contributed by atoms with Gasteiger partial charge in [-0.05, 0) is 32.0 Å². The van der Waals surface area contributed by atoms with Gasteiger partial charge < -0.3 is 4.74 Å². The first-order chi connectivity index (χ1) is 10.2. The molecule has 0 bridgehead atoms. The lowest BCUT2D eigenvalue weighted by Crippen LogP contribution is -2.56. The predicted octanol–water partition coefficient (Wildman–Crippen LogP) is 1.01. The van der Waals surface area contributed by atoms with Gasteiger partial charge in [-0.3, -0.25) is 30.1 Å². The number of halogens is 1. The van der Waals surface area contributed by atoms with Crippen LogP contribution in [0.2, 0.25) is 5.02 Å². The molecular formula is C14H16ClN3O4. The zero-order valence-electron chi connectivity index (χ0n) is 12.4. The SMILES string of the molecule is CC(=O)NNC(=O)CN1C(=O)C(C)(C)Oc2ccc(Cl)cc21. The van der Waals surface area contributed by atoms with Crippen molar-refractivity contribution in [1.29, 1.82) is 0 Å². The van der Waals surface area contributed by atoms with Crippen LogP contribution in [-0.2, 0) is 14.4 Å². The smallest absolute Gasteiger partial charge is 0.271 e. The van der Waals surface area contributed by atoms with Gasteiger partial charge >= 0.3 is 0 Å². The van der Waals surface area contributed by atoms with Crippen molar-refractivity contribution in [2.75, 3.05) is 11.4 Å². The predicted molar refractivity (Wildman–Crippen MR) is 80.5 cm³/mol. The molecule has 1 aromatic rings. The molecule has 2 rings (SSSR count). The van der Waals surface area contributed by atoms with Crippen molar-refractivity contribution in [3.63, 3.8) is 0 Å². The molecule has 0 unspecified atom stereocenters. The van der Waals surface area contributed by atoms with Gasteiger partial charge in [-0.15, -0.1) is 0 Å². The Morgan fingerprint density at radius 2 is 2.00 bits per heavy atom. The van der Waals surface area contributed by atoms with Crippen LogP contribution in [0.15, 0.2) is 18.2 Å². The molecule has 0 aromatic heterocycles. The number of nitrogens with one attached hydrogen (secondary N) is 2. The Morgan fingerprint density at radius 3 is 2.64 bits per heavy atom. The average molecular weight is 326 g/mol. The van der Waals surface area contributed by atoms with E-state index in [9.17, 15) is 14.4 Å². The van der Waals surface area contributed by atoms with Crippen LogP contribution in [0.5, 0.6) is 5.75 Å². The largest absolute Gasteiger partial charge is 0.476 e. The molecule has 22 heavy (non-hydrogen) atoms. The van der Waals surface area contributed by atoms with E-state index in [1.165, 1.54) is 11.8 Å². The van der Waals surface area contributed by atoms with E-state index in [-0.39, 0.29) is 12.5 Å². The molecule has 8 heteroatoms. The van der Waals surface area contributed by atoms with Crippen LogP contribution < -0.4 is 20.5 Å². The lowest BCUT2D eigenvalue weighted by molar-refractivity contribution is -0.134. The maximum Gasteiger partial charge on any atom is 0.271 e. The summed E-state index contributed by atoms with van der Waals surface area (Å²) >= 11 is 5.95. The van der Waals surface area contributed by atoms with Gasteiger partial charge in [-0.25, -0.2) is 0 Å². The van der Waals surface area contributed by atoms with Crippen molar-refractivity contribution in [3.05, 3.63) is 23.2 Å². The number of ether oxygens (including phenoxy) is 1. The van der Waals surface area contributed by atoms with Gasteiger partial charge in [0.25, 0.3) is 11.8 Å². The van der Waals surface area contributed by atoms with Crippen molar-refractivity contribution >= 4 is 35.0 Å². The summed E-state index contributed by atoms with van der Waals surface area (Å²) in [5, 5.41) is 0.419. The molecule has 0 saturated heterocycles. The fraction of sp³-hybridized carbons (Fsp3) is 0.357. The fourth-order valence-electron chi connectivity index (χ4n) is 2.04. The molecule has 1 aliphatic heterocycles. The normalized spacial score (nSPS) is 15.6. The minimum Gasteiger partial charge on any atom is -0.476 e. The molecule has 1 aliphatic rings. The second-order valence-electron chi connectivity index (χ2n) is 5.35. The standard InChI is InChI=1S/C14H16ClN3O4/c1-8(19)16-17-12(20)7-18-10-6-9(15)4-5-11(10)22-14(2,3)13(18)21/h4-6H,7H2,1-3H3,(H,16,19)(H,17,20). The molecule has 0 fully saturated rings. The van der Waals surface area contributed by atoms with Crippen LogP contribution in [0, 0.1) is 0 Å². The van der Waals surface area contributed by atoms with E-state index in [1.54, 1.807) is 32.0 Å². The number of carbonyl (C=O) groups excluding carboxylic acids is 3. The summed E-state index contributed by atoms with van der Waals surface area (Å²) in [7, 11) is 0. The van der Waals surface area contributed by atoms with E-state index in [1.807, 2.05) is 0 Å². The highest BCUT2D eigenvalue weighted by atomic mass is 35.5. The van der Waals surface area contributed by atoms with Gasteiger partial charge in [-0.1, -0.05) is 11.6 Å². The summed E-state index contributed by atoms with van der Waals surface area (Å²) in [6, 6.07) is 4.84. The molecule has 0 atom stereocenters.